The molecule has 0 saturated carbocycles. The summed E-state index contributed by atoms with van der Waals surface area (Å²) in [5.74, 6) is 0.959. The molecule has 0 atom stereocenters. The Balaban J connectivity index is 0.00000144. The van der Waals surface area contributed by atoms with Gasteiger partial charge < -0.3 is 4.74 Å². The third-order valence-corrected chi connectivity index (χ3v) is 3.47. The van der Waals surface area contributed by atoms with Gasteiger partial charge in [-0.15, -0.1) is 12.4 Å². The number of likely N-dealkylation sites (tertiary alicyclic amines) is 1. The smallest absolute Gasteiger partial charge is 0.119 e. The topological polar surface area (TPSA) is 12.5 Å². The molecule has 0 spiro atoms. The van der Waals surface area contributed by atoms with Crippen LogP contribution in [0.25, 0.3) is 0 Å². The first-order chi connectivity index (χ1) is 7.84. The molecule has 1 heterocycles. The highest BCUT2D eigenvalue weighted by Crippen LogP contribution is 2.16. The predicted octanol–water partition coefficient (Wildman–Crippen LogP) is 3.74. The summed E-state index contributed by atoms with van der Waals surface area (Å²) in [6.45, 7) is 4.32. The van der Waals surface area contributed by atoms with Crippen molar-refractivity contribution >= 4 is 28.3 Å². The minimum Gasteiger partial charge on any atom is -0.492 e. The van der Waals surface area contributed by atoms with Crippen molar-refractivity contribution in [3.05, 3.63) is 28.7 Å². The highest BCUT2D eigenvalue weighted by atomic mass is 79.9. The van der Waals surface area contributed by atoms with E-state index in [0.717, 1.165) is 23.4 Å². The van der Waals surface area contributed by atoms with Gasteiger partial charge in [0, 0.05) is 11.0 Å². The number of rotatable bonds is 4. The van der Waals surface area contributed by atoms with Crippen molar-refractivity contribution in [2.24, 2.45) is 0 Å². The Morgan fingerprint density at radius 1 is 1.06 bits per heavy atom. The Kier molecular flexibility index (Phi) is 6.93. The predicted molar refractivity (Wildman–Crippen MR) is 77.2 cm³/mol. The third kappa shape index (κ3) is 5.28. The number of hydrogen-bond acceptors (Lipinski definition) is 2. The van der Waals surface area contributed by atoms with Crippen molar-refractivity contribution in [2.75, 3.05) is 26.2 Å². The first-order valence-electron chi connectivity index (χ1n) is 5.95. The van der Waals surface area contributed by atoms with E-state index in [0.29, 0.717) is 0 Å². The number of hydrogen-bond donors (Lipinski definition) is 0. The summed E-state index contributed by atoms with van der Waals surface area (Å²) >= 11 is 3.41. The van der Waals surface area contributed by atoms with Crippen LogP contribution in [0.4, 0.5) is 0 Å². The number of halogens is 2. The molecule has 0 amide bonds. The van der Waals surface area contributed by atoms with E-state index in [4.69, 9.17) is 4.74 Å². The second-order valence-electron chi connectivity index (χ2n) is 4.20. The fraction of sp³-hybridized carbons (Fsp3) is 0.538. The fourth-order valence-electron chi connectivity index (χ4n) is 2.01. The Morgan fingerprint density at radius 3 is 2.35 bits per heavy atom. The lowest BCUT2D eigenvalue weighted by Crippen LogP contribution is -2.33. The van der Waals surface area contributed by atoms with Gasteiger partial charge in [-0.25, -0.2) is 0 Å². The van der Waals surface area contributed by atoms with Crippen LogP contribution in [0.1, 0.15) is 19.3 Å². The molecular formula is C13H19BrClNO. The van der Waals surface area contributed by atoms with Gasteiger partial charge in [0.1, 0.15) is 12.4 Å². The maximum absolute atomic E-state index is 5.70. The van der Waals surface area contributed by atoms with Gasteiger partial charge in [0.05, 0.1) is 0 Å². The lowest BCUT2D eigenvalue weighted by atomic mass is 10.1. The number of piperidine rings is 1. The van der Waals surface area contributed by atoms with E-state index in [1.165, 1.54) is 32.4 Å². The quantitative estimate of drug-likeness (QED) is 0.838. The van der Waals surface area contributed by atoms with Gasteiger partial charge in [-0.2, -0.15) is 0 Å². The second-order valence-corrected chi connectivity index (χ2v) is 5.12. The third-order valence-electron chi connectivity index (χ3n) is 2.94. The van der Waals surface area contributed by atoms with Crippen LogP contribution in [-0.2, 0) is 0 Å². The van der Waals surface area contributed by atoms with Crippen molar-refractivity contribution in [1.82, 2.24) is 4.90 Å². The zero-order valence-electron chi connectivity index (χ0n) is 9.90. The van der Waals surface area contributed by atoms with Crippen molar-refractivity contribution in [2.45, 2.75) is 19.3 Å². The molecule has 2 rings (SSSR count). The maximum atomic E-state index is 5.70. The number of benzene rings is 1. The summed E-state index contributed by atoms with van der Waals surface area (Å²) in [5, 5.41) is 0. The number of nitrogens with zero attached hydrogens (tertiary/aromatic N) is 1. The van der Waals surface area contributed by atoms with Gasteiger partial charge in [-0.3, -0.25) is 4.90 Å². The number of ether oxygens (including phenoxy) is 1. The summed E-state index contributed by atoms with van der Waals surface area (Å²) in [7, 11) is 0. The Morgan fingerprint density at radius 2 is 1.71 bits per heavy atom. The maximum Gasteiger partial charge on any atom is 0.119 e. The first-order valence-corrected chi connectivity index (χ1v) is 6.74. The van der Waals surface area contributed by atoms with Crippen LogP contribution in [0.5, 0.6) is 5.75 Å². The van der Waals surface area contributed by atoms with Crippen LogP contribution in [-0.4, -0.2) is 31.1 Å². The molecule has 0 radical (unpaired) electrons. The standard InChI is InChI=1S/C13H18BrNO.ClH/c14-12-4-6-13(7-5-12)16-11-10-15-8-2-1-3-9-15;/h4-7H,1-3,8-11H2;1H. The van der Waals surface area contributed by atoms with Crippen molar-refractivity contribution in [1.29, 1.82) is 0 Å². The zero-order chi connectivity index (χ0) is 11.2. The van der Waals surface area contributed by atoms with Gasteiger partial charge in [0.15, 0.2) is 0 Å². The zero-order valence-corrected chi connectivity index (χ0v) is 12.3. The Bertz CT molecular complexity index is 312. The normalized spacial score (nSPS) is 16.3. The van der Waals surface area contributed by atoms with Crippen molar-refractivity contribution in [3.8, 4) is 5.75 Å². The average molecular weight is 321 g/mol. The van der Waals surface area contributed by atoms with Crippen LogP contribution < -0.4 is 4.74 Å². The molecule has 0 bridgehead atoms. The van der Waals surface area contributed by atoms with Crippen LogP contribution in [0.2, 0.25) is 0 Å². The minimum absolute atomic E-state index is 0. The second kappa shape index (κ2) is 7.96. The van der Waals surface area contributed by atoms with Gasteiger partial charge in [0.2, 0.25) is 0 Å². The lowest BCUT2D eigenvalue weighted by molar-refractivity contribution is 0.183. The van der Waals surface area contributed by atoms with E-state index in [1.54, 1.807) is 0 Å². The summed E-state index contributed by atoms with van der Waals surface area (Å²) in [6.07, 6.45) is 4.08. The van der Waals surface area contributed by atoms with Gasteiger partial charge in [0.25, 0.3) is 0 Å². The average Bonchev–Trinajstić information content (AvgIpc) is 2.33. The molecule has 1 aliphatic heterocycles. The molecule has 17 heavy (non-hydrogen) atoms. The molecule has 2 nitrogen and oxygen atoms in total. The van der Waals surface area contributed by atoms with E-state index < -0.39 is 0 Å². The highest BCUT2D eigenvalue weighted by Gasteiger charge is 2.09. The van der Waals surface area contributed by atoms with Crippen LogP contribution in [0, 0.1) is 0 Å². The van der Waals surface area contributed by atoms with Crippen LogP contribution in [0.15, 0.2) is 28.7 Å². The monoisotopic (exact) mass is 319 g/mol. The highest BCUT2D eigenvalue weighted by molar-refractivity contribution is 9.10. The SMILES string of the molecule is Brc1ccc(OCCN2CCCCC2)cc1.Cl. The molecule has 1 aromatic rings. The molecule has 0 unspecified atom stereocenters. The molecule has 0 N–H and O–H groups in total. The van der Waals surface area contributed by atoms with Crippen LogP contribution in [0.3, 0.4) is 0 Å². The summed E-state index contributed by atoms with van der Waals surface area (Å²) < 4.78 is 6.79. The molecule has 96 valence electrons. The van der Waals surface area contributed by atoms with Crippen LogP contribution >= 0.6 is 28.3 Å². The van der Waals surface area contributed by atoms with Gasteiger partial charge >= 0.3 is 0 Å². The fourth-order valence-corrected chi connectivity index (χ4v) is 2.27. The lowest BCUT2D eigenvalue weighted by Gasteiger charge is -2.26. The summed E-state index contributed by atoms with van der Waals surface area (Å²) in [6, 6.07) is 8.02. The first kappa shape index (κ1) is 14.8. The molecule has 1 fully saturated rings. The minimum atomic E-state index is 0. The van der Waals surface area contributed by atoms with E-state index in [9.17, 15) is 0 Å². The van der Waals surface area contributed by atoms with E-state index in [-0.39, 0.29) is 12.4 Å². The van der Waals surface area contributed by atoms with Crippen molar-refractivity contribution in [3.63, 3.8) is 0 Å². The molecule has 0 aliphatic carbocycles. The molecule has 1 aromatic carbocycles. The van der Waals surface area contributed by atoms with E-state index in [2.05, 4.69) is 20.8 Å². The molecule has 1 saturated heterocycles. The Labute approximate surface area is 118 Å². The van der Waals surface area contributed by atoms with E-state index >= 15 is 0 Å². The Hall–Kier alpha value is -0.250. The molecule has 0 aromatic heterocycles. The summed E-state index contributed by atoms with van der Waals surface area (Å²) in [5.41, 5.74) is 0. The van der Waals surface area contributed by atoms with Gasteiger partial charge in [-0.05, 0) is 50.2 Å². The summed E-state index contributed by atoms with van der Waals surface area (Å²) in [4.78, 5) is 2.49. The van der Waals surface area contributed by atoms with E-state index in [1.807, 2.05) is 24.3 Å². The van der Waals surface area contributed by atoms with Crippen molar-refractivity contribution < 1.29 is 4.74 Å². The molecule has 4 heteroatoms. The largest absolute Gasteiger partial charge is 0.492 e. The molecule has 1 aliphatic rings. The molecular weight excluding hydrogens is 302 g/mol. The van der Waals surface area contributed by atoms with Gasteiger partial charge in [-0.1, -0.05) is 22.4 Å².